The standard InChI is InChI=1S/C16H23NO2/c1-16(2,3)12-17(4)11-14-7-5-6-13(10-14)8-9-15(18)19/h5-10H,11-12H2,1-4H3,(H,18,19)/b9-8+. The van der Waals surface area contributed by atoms with Crippen molar-refractivity contribution in [2.45, 2.75) is 27.3 Å². The van der Waals surface area contributed by atoms with Crippen molar-refractivity contribution >= 4 is 12.0 Å². The highest BCUT2D eigenvalue weighted by atomic mass is 16.4. The van der Waals surface area contributed by atoms with E-state index in [2.05, 4.69) is 38.8 Å². The highest BCUT2D eigenvalue weighted by molar-refractivity contribution is 5.85. The van der Waals surface area contributed by atoms with Crippen LogP contribution in [0.5, 0.6) is 0 Å². The zero-order chi connectivity index (χ0) is 14.5. The van der Waals surface area contributed by atoms with E-state index in [4.69, 9.17) is 5.11 Å². The zero-order valence-electron chi connectivity index (χ0n) is 12.2. The average molecular weight is 261 g/mol. The Morgan fingerprint density at radius 1 is 1.37 bits per heavy atom. The Bertz CT molecular complexity index is 458. The van der Waals surface area contributed by atoms with E-state index in [9.17, 15) is 4.79 Å². The Hall–Kier alpha value is -1.61. The van der Waals surface area contributed by atoms with Crippen LogP contribution in [0.15, 0.2) is 30.3 Å². The Balaban J connectivity index is 2.69. The average Bonchev–Trinajstić information content (AvgIpc) is 2.24. The zero-order valence-corrected chi connectivity index (χ0v) is 12.2. The maximum absolute atomic E-state index is 10.5. The van der Waals surface area contributed by atoms with Crippen LogP contribution in [0.4, 0.5) is 0 Å². The van der Waals surface area contributed by atoms with Gasteiger partial charge in [-0.3, -0.25) is 0 Å². The van der Waals surface area contributed by atoms with Crippen LogP contribution in [-0.2, 0) is 11.3 Å². The quantitative estimate of drug-likeness (QED) is 0.827. The van der Waals surface area contributed by atoms with E-state index in [1.54, 1.807) is 6.08 Å². The van der Waals surface area contributed by atoms with Gasteiger partial charge in [0, 0.05) is 19.2 Å². The molecule has 1 aromatic carbocycles. The molecule has 0 unspecified atom stereocenters. The van der Waals surface area contributed by atoms with Crippen LogP contribution in [0.25, 0.3) is 6.08 Å². The number of benzene rings is 1. The molecule has 0 aliphatic rings. The number of carbonyl (C=O) groups is 1. The largest absolute Gasteiger partial charge is 0.478 e. The predicted molar refractivity (Wildman–Crippen MR) is 78.9 cm³/mol. The van der Waals surface area contributed by atoms with Gasteiger partial charge in [0.15, 0.2) is 0 Å². The SMILES string of the molecule is CN(Cc1cccc(/C=C/C(=O)O)c1)CC(C)(C)C. The highest BCUT2D eigenvalue weighted by Gasteiger charge is 2.13. The van der Waals surface area contributed by atoms with E-state index in [1.807, 2.05) is 18.2 Å². The molecule has 19 heavy (non-hydrogen) atoms. The Morgan fingerprint density at radius 2 is 2.05 bits per heavy atom. The Kier molecular flexibility index (Phi) is 5.31. The molecule has 0 saturated heterocycles. The molecular formula is C16H23NO2. The molecule has 0 amide bonds. The molecule has 3 nitrogen and oxygen atoms in total. The van der Waals surface area contributed by atoms with Gasteiger partial charge >= 0.3 is 5.97 Å². The van der Waals surface area contributed by atoms with Crippen molar-refractivity contribution in [2.75, 3.05) is 13.6 Å². The number of rotatable bonds is 5. The summed E-state index contributed by atoms with van der Waals surface area (Å²) in [4.78, 5) is 12.8. The maximum Gasteiger partial charge on any atom is 0.328 e. The van der Waals surface area contributed by atoms with Crippen molar-refractivity contribution in [1.29, 1.82) is 0 Å². The smallest absolute Gasteiger partial charge is 0.328 e. The van der Waals surface area contributed by atoms with Crippen LogP contribution < -0.4 is 0 Å². The van der Waals surface area contributed by atoms with Gasteiger partial charge in [-0.1, -0.05) is 45.0 Å². The summed E-state index contributed by atoms with van der Waals surface area (Å²) in [6, 6.07) is 7.96. The van der Waals surface area contributed by atoms with E-state index in [0.29, 0.717) is 0 Å². The van der Waals surface area contributed by atoms with Gasteiger partial charge in [-0.25, -0.2) is 4.79 Å². The molecule has 0 aromatic heterocycles. The first-order valence-corrected chi connectivity index (χ1v) is 6.45. The van der Waals surface area contributed by atoms with Gasteiger partial charge in [0.25, 0.3) is 0 Å². The molecule has 0 radical (unpaired) electrons. The molecule has 0 spiro atoms. The summed E-state index contributed by atoms with van der Waals surface area (Å²) in [6.07, 6.45) is 2.79. The third-order valence-electron chi connectivity index (χ3n) is 2.57. The summed E-state index contributed by atoms with van der Waals surface area (Å²) < 4.78 is 0. The molecular weight excluding hydrogens is 238 g/mol. The fourth-order valence-corrected chi connectivity index (χ4v) is 2.14. The van der Waals surface area contributed by atoms with Crippen molar-refractivity contribution in [1.82, 2.24) is 4.90 Å². The van der Waals surface area contributed by atoms with Gasteiger partial charge in [-0.05, 0) is 29.7 Å². The Morgan fingerprint density at radius 3 is 2.63 bits per heavy atom. The van der Waals surface area contributed by atoms with E-state index in [0.717, 1.165) is 24.7 Å². The molecule has 0 bridgehead atoms. The maximum atomic E-state index is 10.5. The Labute approximate surface area is 115 Å². The van der Waals surface area contributed by atoms with Crippen molar-refractivity contribution in [2.24, 2.45) is 5.41 Å². The number of carboxylic acid groups (broad SMARTS) is 1. The number of hydrogen-bond donors (Lipinski definition) is 1. The molecule has 0 saturated carbocycles. The normalized spacial score (nSPS) is 12.3. The second-order valence-corrected chi connectivity index (χ2v) is 6.15. The summed E-state index contributed by atoms with van der Waals surface area (Å²) >= 11 is 0. The van der Waals surface area contributed by atoms with E-state index < -0.39 is 5.97 Å². The number of hydrogen-bond acceptors (Lipinski definition) is 2. The first kappa shape index (κ1) is 15.4. The number of nitrogens with zero attached hydrogens (tertiary/aromatic N) is 1. The highest BCUT2D eigenvalue weighted by Crippen LogP contribution is 2.16. The lowest BCUT2D eigenvalue weighted by molar-refractivity contribution is -0.131. The first-order chi connectivity index (χ1) is 8.76. The van der Waals surface area contributed by atoms with E-state index in [1.165, 1.54) is 5.56 Å². The van der Waals surface area contributed by atoms with Gasteiger partial charge in [-0.2, -0.15) is 0 Å². The van der Waals surface area contributed by atoms with Gasteiger partial charge in [-0.15, -0.1) is 0 Å². The topological polar surface area (TPSA) is 40.5 Å². The van der Waals surface area contributed by atoms with Gasteiger partial charge in [0.05, 0.1) is 0 Å². The summed E-state index contributed by atoms with van der Waals surface area (Å²) in [6.45, 7) is 8.54. The number of carboxylic acids is 1. The second kappa shape index (κ2) is 6.53. The van der Waals surface area contributed by atoms with Gasteiger partial charge < -0.3 is 10.0 Å². The molecule has 0 aliphatic heterocycles. The summed E-state index contributed by atoms with van der Waals surface area (Å²) in [7, 11) is 2.10. The van der Waals surface area contributed by atoms with Crippen LogP contribution in [0.3, 0.4) is 0 Å². The van der Waals surface area contributed by atoms with Gasteiger partial charge in [0.1, 0.15) is 0 Å². The third-order valence-corrected chi connectivity index (χ3v) is 2.57. The lowest BCUT2D eigenvalue weighted by Gasteiger charge is -2.26. The molecule has 0 fully saturated rings. The van der Waals surface area contributed by atoms with Crippen LogP contribution in [-0.4, -0.2) is 29.6 Å². The molecule has 0 aliphatic carbocycles. The lowest BCUT2D eigenvalue weighted by Crippen LogP contribution is -2.28. The predicted octanol–water partition coefficient (Wildman–Crippen LogP) is 3.26. The van der Waals surface area contributed by atoms with Crippen molar-refractivity contribution < 1.29 is 9.90 Å². The minimum absolute atomic E-state index is 0.273. The minimum atomic E-state index is -0.921. The summed E-state index contributed by atoms with van der Waals surface area (Å²) in [5.41, 5.74) is 2.39. The fourth-order valence-electron chi connectivity index (χ4n) is 2.14. The lowest BCUT2D eigenvalue weighted by atomic mass is 9.96. The first-order valence-electron chi connectivity index (χ1n) is 6.45. The monoisotopic (exact) mass is 261 g/mol. The van der Waals surface area contributed by atoms with E-state index >= 15 is 0 Å². The minimum Gasteiger partial charge on any atom is -0.478 e. The van der Waals surface area contributed by atoms with Crippen molar-refractivity contribution in [3.05, 3.63) is 41.5 Å². The fraction of sp³-hybridized carbons (Fsp3) is 0.438. The van der Waals surface area contributed by atoms with Crippen molar-refractivity contribution in [3.8, 4) is 0 Å². The van der Waals surface area contributed by atoms with Crippen LogP contribution in [0.1, 0.15) is 31.9 Å². The molecule has 3 heteroatoms. The number of aliphatic carboxylic acids is 1. The van der Waals surface area contributed by atoms with Gasteiger partial charge in [0.2, 0.25) is 0 Å². The summed E-state index contributed by atoms with van der Waals surface area (Å²) in [5, 5.41) is 8.62. The molecule has 0 heterocycles. The second-order valence-electron chi connectivity index (χ2n) is 6.15. The molecule has 1 N–H and O–H groups in total. The van der Waals surface area contributed by atoms with E-state index in [-0.39, 0.29) is 5.41 Å². The molecule has 1 rings (SSSR count). The molecule has 104 valence electrons. The van der Waals surface area contributed by atoms with Crippen molar-refractivity contribution in [3.63, 3.8) is 0 Å². The van der Waals surface area contributed by atoms with Crippen LogP contribution in [0, 0.1) is 5.41 Å². The molecule has 0 atom stereocenters. The third kappa shape index (κ3) is 6.77. The molecule has 1 aromatic rings. The summed E-state index contributed by atoms with van der Waals surface area (Å²) in [5.74, 6) is -0.921. The van der Waals surface area contributed by atoms with Crippen LogP contribution >= 0.6 is 0 Å². The van der Waals surface area contributed by atoms with Crippen LogP contribution in [0.2, 0.25) is 0 Å².